The van der Waals surface area contributed by atoms with Crippen molar-refractivity contribution in [3.05, 3.63) is 274 Å². The average molecular weight is 995 g/mol. The summed E-state index contributed by atoms with van der Waals surface area (Å²) in [5.41, 5.74) is 29.3. The van der Waals surface area contributed by atoms with Gasteiger partial charge >= 0.3 is 0 Å². The van der Waals surface area contributed by atoms with Gasteiger partial charge in [0, 0.05) is 51.4 Å². The Morgan fingerprint density at radius 2 is 0.571 bits per heavy atom. The third-order valence-corrected chi connectivity index (χ3v) is 16.9. The van der Waals surface area contributed by atoms with Gasteiger partial charge in [-0.1, -0.05) is 186 Å². The predicted molar refractivity (Wildman–Crippen MR) is 324 cm³/mol. The molecule has 2 heterocycles. The fourth-order valence-electron chi connectivity index (χ4n) is 12.6. The zero-order valence-electron chi connectivity index (χ0n) is 45.2. The van der Waals surface area contributed by atoms with Crippen LogP contribution in [0.3, 0.4) is 0 Å². The van der Waals surface area contributed by atoms with E-state index in [-0.39, 0.29) is 16.2 Å². The van der Waals surface area contributed by atoms with Gasteiger partial charge in [0.25, 0.3) is 0 Å². The molecule has 0 fully saturated rings. The van der Waals surface area contributed by atoms with Gasteiger partial charge in [-0.05, 0) is 176 Å². The lowest BCUT2D eigenvalue weighted by molar-refractivity contribution is 0.660. The number of hydrogen-bond acceptors (Lipinski definition) is 4. The first-order valence-electron chi connectivity index (χ1n) is 27.0. The smallest absolute Gasteiger partial charge is 0.0644 e. The first-order chi connectivity index (χ1) is 37.2. The van der Waals surface area contributed by atoms with Gasteiger partial charge in [0.15, 0.2) is 0 Å². The van der Waals surface area contributed by atoms with Crippen LogP contribution in [0.2, 0.25) is 0 Å². The standard InChI is InChI=1S/C73H62N4/c1-47-13-25-53(26-14-47)76(57-11-9-37-74-45-57)55-29-35-63-61-33-23-51(41-67(61)72(5,6)69(63)43-55)19-17-49-21-31-59-60-32-22-50(40-66(60)71(3,4)65(59)39-49)18-20-52-24-34-62-64-36-30-56(44-70(64)73(7,8)68(62)42-52)77(58-12-10-38-75-46-58)54-27-15-48(2)16-28-54/h9-46H,1-8H3/b19-17+,20-18+. The average Bonchev–Trinajstić information content (AvgIpc) is 4.18. The molecule has 4 nitrogen and oxygen atoms in total. The van der Waals surface area contributed by atoms with E-state index in [1.54, 1.807) is 0 Å². The number of rotatable bonds is 10. The van der Waals surface area contributed by atoms with Gasteiger partial charge in [-0.25, -0.2) is 0 Å². The minimum absolute atomic E-state index is 0.152. The number of pyridine rings is 2. The van der Waals surface area contributed by atoms with Crippen LogP contribution in [0.4, 0.5) is 34.1 Å². The molecule has 2 aromatic heterocycles. The summed E-state index contributed by atoms with van der Waals surface area (Å²) in [7, 11) is 0. The fraction of sp³-hybridized carbons (Fsp3) is 0.151. The molecule has 0 aliphatic heterocycles. The van der Waals surface area contributed by atoms with Crippen LogP contribution in [0, 0.1) is 13.8 Å². The summed E-state index contributed by atoms with van der Waals surface area (Å²) in [6, 6.07) is 67.7. The Morgan fingerprint density at radius 3 is 0.857 bits per heavy atom. The molecule has 3 aliphatic carbocycles. The normalized spacial score (nSPS) is 14.7. The summed E-state index contributed by atoms with van der Waals surface area (Å²) in [5.74, 6) is 0. The summed E-state index contributed by atoms with van der Waals surface area (Å²) in [5, 5.41) is 0. The Bertz CT molecular complexity index is 3750. The molecule has 0 amide bonds. The summed E-state index contributed by atoms with van der Waals surface area (Å²) < 4.78 is 0. The molecule has 0 unspecified atom stereocenters. The van der Waals surface area contributed by atoms with E-state index in [0.29, 0.717) is 0 Å². The molecule has 0 bridgehead atoms. The minimum Gasteiger partial charge on any atom is -0.309 e. The molecular weight excluding hydrogens is 933 g/mol. The molecule has 3 aliphatic rings. The second-order valence-electron chi connectivity index (χ2n) is 23.0. The van der Waals surface area contributed by atoms with Crippen molar-refractivity contribution in [1.82, 2.24) is 9.97 Å². The Balaban J connectivity index is 0.730. The first kappa shape index (κ1) is 47.8. The van der Waals surface area contributed by atoms with Crippen LogP contribution >= 0.6 is 0 Å². The van der Waals surface area contributed by atoms with Gasteiger partial charge in [0.05, 0.1) is 23.8 Å². The van der Waals surface area contributed by atoms with E-state index < -0.39 is 0 Å². The van der Waals surface area contributed by atoms with Crippen molar-refractivity contribution in [2.45, 2.75) is 71.6 Å². The maximum absolute atomic E-state index is 4.49. The zero-order valence-corrected chi connectivity index (χ0v) is 45.2. The van der Waals surface area contributed by atoms with Crippen LogP contribution < -0.4 is 9.80 Å². The number of aryl methyl sites for hydroxylation is 2. The van der Waals surface area contributed by atoms with Gasteiger partial charge in [0.2, 0.25) is 0 Å². The van der Waals surface area contributed by atoms with Gasteiger partial charge in [0.1, 0.15) is 0 Å². The second kappa shape index (κ2) is 18.2. The third-order valence-electron chi connectivity index (χ3n) is 16.9. The summed E-state index contributed by atoms with van der Waals surface area (Å²) in [6.45, 7) is 18.5. The first-order valence-corrected chi connectivity index (χ1v) is 27.0. The molecule has 0 atom stereocenters. The topological polar surface area (TPSA) is 32.3 Å². The highest BCUT2D eigenvalue weighted by Gasteiger charge is 2.39. The molecule has 0 spiro atoms. The number of benzene rings is 8. The predicted octanol–water partition coefficient (Wildman–Crippen LogP) is 19.3. The highest BCUT2D eigenvalue weighted by Crippen LogP contribution is 2.54. The number of anilines is 6. The van der Waals surface area contributed by atoms with E-state index in [0.717, 1.165) is 34.1 Å². The lowest BCUT2D eigenvalue weighted by Gasteiger charge is -2.28. The Kier molecular flexibility index (Phi) is 11.3. The minimum atomic E-state index is -0.182. The van der Waals surface area contributed by atoms with Crippen LogP contribution in [0.15, 0.2) is 207 Å². The van der Waals surface area contributed by atoms with Crippen molar-refractivity contribution in [2.75, 3.05) is 9.80 Å². The van der Waals surface area contributed by atoms with Crippen molar-refractivity contribution in [3.8, 4) is 33.4 Å². The van der Waals surface area contributed by atoms with Crippen molar-refractivity contribution in [1.29, 1.82) is 0 Å². The maximum atomic E-state index is 4.49. The van der Waals surface area contributed by atoms with Crippen LogP contribution in [-0.4, -0.2) is 9.97 Å². The lowest BCUT2D eigenvalue weighted by Crippen LogP contribution is -2.16. The van der Waals surface area contributed by atoms with Crippen molar-refractivity contribution < 1.29 is 0 Å². The maximum Gasteiger partial charge on any atom is 0.0644 e. The van der Waals surface area contributed by atoms with Gasteiger partial charge in [-0.15, -0.1) is 0 Å². The highest BCUT2D eigenvalue weighted by molar-refractivity contribution is 5.90. The summed E-state index contributed by atoms with van der Waals surface area (Å²) in [4.78, 5) is 13.6. The van der Waals surface area contributed by atoms with Gasteiger partial charge in [-0.3, -0.25) is 9.97 Å². The summed E-state index contributed by atoms with van der Waals surface area (Å²) >= 11 is 0. The lowest BCUT2D eigenvalue weighted by atomic mass is 9.81. The quantitative estimate of drug-likeness (QED) is 0.128. The van der Waals surface area contributed by atoms with E-state index in [9.17, 15) is 0 Å². The van der Waals surface area contributed by atoms with Gasteiger partial charge in [-0.2, -0.15) is 0 Å². The number of fused-ring (bicyclic) bond motifs is 9. The largest absolute Gasteiger partial charge is 0.309 e. The van der Waals surface area contributed by atoms with E-state index >= 15 is 0 Å². The fourth-order valence-corrected chi connectivity index (χ4v) is 12.6. The molecule has 0 saturated carbocycles. The van der Waals surface area contributed by atoms with E-state index in [2.05, 4.69) is 269 Å². The van der Waals surface area contributed by atoms with Crippen LogP contribution in [0.5, 0.6) is 0 Å². The second-order valence-corrected chi connectivity index (χ2v) is 23.0. The molecule has 10 aromatic rings. The molecule has 4 heteroatoms. The van der Waals surface area contributed by atoms with Crippen molar-refractivity contribution in [2.24, 2.45) is 0 Å². The van der Waals surface area contributed by atoms with Gasteiger partial charge < -0.3 is 9.80 Å². The molecule has 0 N–H and O–H groups in total. The monoisotopic (exact) mass is 994 g/mol. The summed E-state index contributed by atoms with van der Waals surface area (Å²) in [6.07, 6.45) is 16.7. The van der Waals surface area contributed by atoms with Crippen LogP contribution in [-0.2, 0) is 16.2 Å². The Morgan fingerprint density at radius 1 is 0.299 bits per heavy atom. The van der Waals surface area contributed by atoms with Crippen LogP contribution in [0.25, 0.3) is 57.7 Å². The number of aromatic nitrogens is 2. The molecule has 374 valence electrons. The molecule has 0 radical (unpaired) electrons. The molecule has 13 rings (SSSR count). The Labute approximate surface area is 454 Å². The SMILES string of the molecule is Cc1ccc(N(c2cccnc2)c2ccc3c(c2)C(C)(C)c2cc(/C=C/c4ccc5c(c4)C(C)(C)c4cc(/C=C/c6ccc7c(c6)C(C)(C)c6cc(N(c8ccc(C)cc8)c8cccnc8)ccc6-7)ccc4-5)ccc2-3)cc1. The van der Waals surface area contributed by atoms with Crippen molar-refractivity contribution >= 4 is 58.4 Å². The van der Waals surface area contributed by atoms with Crippen LogP contribution in [0.1, 0.15) is 108 Å². The third kappa shape index (κ3) is 8.13. The molecule has 0 saturated heterocycles. The van der Waals surface area contributed by atoms with Crippen molar-refractivity contribution in [3.63, 3.8) is 0 Å². The van der Waals surface area contributed by atoms with E-state index in [4.69, 9.17) is 0 Å². The molecular formula is C73H62N4. The number of nitrogens with zero attached hydrogens (tertiary/aromatic N) is 4. The Hall–Kier alpha value is -8.86. The van der Waals surface area contributed by atoms with E-state index in [1.165, 1.54) is 100 Å². The highest BCUT2D eigenvalue weighted by atomic mass is 15.2. The molecule has 8 aromatic carbocycles. The van der Waals surface area contributed by atoms with E-state index in [1.807, 2.05) is 36.9 Å². The zero-order chi connectivity index (χ0) is 52.8. The molecule has 77 heavy (non-hydrogen) atoms. The number of hydrogen-bond donors (Lipinski definition) is 0.